The highest BCUT2D eigenvalue weighted by molar-refractivity contribution is 9.10. The Bertz CT molecular complexity index is 720. The van der Waals surface area contributed by atoms with Crippen LogP contribution < -0.4 is 10.7 Å². The average molecular weight is 397 g/mol. The first kappa shape index (κ1) is 17.3. The van der Waals surface area contributed by atoms with E-state index in [1.165, 1.54) is 12.3 Å². The average Bonchev–Trinajstić information content (AvgIpc) is 2.52. The number of carbonyl (C=O) groups is 1. The van der Waals surface area contributed by atoms with Crippen LogP contribution in [0.3, 0.4) is 0 Å². The van der Waals surface area contributed by atoms with Crippen LogP contribution in [0.2, 0.25) is 5.02 Å². The number of hydrazone groups is 1. The van der Waals surface area contributed by atoms with Crippen LogP contribution in [-0.2, 0) is 4.79 Å². The monoisotopic (exact) mass is 395 g/mol. The van der Waals surface area contributed by atoms with Gasteiger partial charge in [0.05, 0.1) is 6.21 Å². The molecule has 3 N–H and O–H groups in total. The second kappa shape index (κ2) is 7.99. The van der Waals surface area contributed by atoms with Crippen LogP contribution in [0.4, 0.5) is 5.69 Å². The van der Waals surface area contributed by atoms with E-state index in [1.54, 1.807) is 19.1 Å². The molecule has 5 nitrogen and oxygen atoms in total. The molecule has 23 heavy (non-hydrogen) atoms. The minimum absolute atomic E-state index is 0.0356. The maximum Gasteiger partial charge on any atom is 0.262 e. The summed E-state index contributed by atoms with van der Waals surface area (Å²) in [6.45, 7) is 1.73. The first-order valence-electron chi connectivity index (χ1n) is 6.79. The predicted molar refractivity (Wildman–Crippen MR) is 96.1 cm³/mol. The number of carbonyl (C=O) groups excluding carboxylic acids is 1. The van der Waals surface area contributed by atoms with E-state index in [9.17, 15) is 9.90 Å². The molecule has 2 rings (SSSR count). The summed E-state index contributed by atoms with van der Waals surface area (Å²) in [5.41, 5.74) is 3.66. The van der Waals surface area contributed by atoms with Crippen LogP contribution in [0, 0.1) is 0 Å². The zero-order valence-corrected chi connectivity index (χ0v) is 14.6. The van der Waals surface area contributed by atoms with Gasteiger partial charge < -0.3 is 10.4 Å². The van der Waals surface area contributed by atoms with Gasteiger partial charge in [0.2, 0.25) is 0 Å². The molecule has 0 saturated carbocycles. The third kappa shape index (κ3) is 5.26. The van der Waals surface area contributed by atoms with Gasteiger partial charge in [0.15, 0.2) is 0 Å². The fourth-order valence-electron chi connectivity index (χ4n) is 1.75. The molecule has 0 spiro atoms. The minimum atomic E-state index is -0.471. The van der Waals surface area contributed by atoms with E-state index in [0.717, 1.165) is 10.2 Å². The Morgan fingerprint density at radius 3 is 2.70 bits per heavy atom. The number of nitrogens with one attached hydrogen (secondary N) is 2. The third-order valence-corrected chi connectivity index (χ3v) is 3.75. The molecule has 1 amide bonds. The van der Waals surface area contributed by atoms with Crippen LogP contribution >= 0.6 is 27.5 Å². The van der Waals surface area contributed by atoms with Crippen LogP contribution in [-0.4, -0.2) is 23.3 Å². The van der Waals surface area contributed by atoms with Gasteiger partial charge in [0.25, 0.3) is 5.91 Å². The number of rotatable bonds is 5. The van der Waals surface area contributed by atoms with E-state index in [2.05, 4.69) is 31.8 Å². The molecule has 0 aliphatic heterocycles. The summed E-state index contributed by atoms with van der Waals surface area (Å²) in [6, 6.07) is 11.6. The van der Waals surface area contributed by atoms with Crippen molar-refractivity contribution >= 4 is 45.3 Å². The first-order valence-corrected chi connectivity index (χ1v) is 7.96. The number of phenols is 1. The van der Waals surface area contributed by atoms with Crippen molar-refractivity contribution in [1.29, 1.82) is 0 Å². The number of amides is 1. The summed E-state index contributed by atoms with van der Waals surface area (Å²) < 4.78 is 0.964. The van der Waals surface area contributed by atoms with E-state index in [-0.39, 0.29) is 11.7 Å². The Hall–Kier alpha value is -2.05. The normalized spacial score (nSPS) is 12.1. The molecule has 0 radical (unpaired) electrons. The number of hydrogen-bond donors (Lipinski definition) is 3. The molecule has 0 heterocycles. The molecule has 0 aliphatic carbocycles. The molecule has 0 bridgehead atoms. The minimum Gasteiger partial charge on any atom is -0.507 e. The molecule has 2 aromatic rings. The highest BCUT2D eigenvalue weighted by atomic mass is 79.9. The van der Waals surface area contributed by atoms with Gasteiger partial charge in [0.1, 0.15) is 11.8 Å². The molecule has 0 saturated heterocycles. The second-order valence-electron chi connectivity index (χ2n) is 4.81. The summed E-state index contributed by atoms with van der Waals surface area (Å²) in [5, 5.41) is 17.0. The number of halogens is 2. The van der Waals surface area contributed by atoms with Gasteiger partial charge in [-0.2, -0.15) is 5.10 Å². The summed E-state index contributed by atoms with van der Waals surface area (Å²) in [6.07, 6.45) is 1.34. The van der Waals surface area contributed by atoms with Crippen molar-refractivity contribution in [1.82, 2.24) is 5.43 Å². The zero-order chi connectivity index (χ0) is 16.8. The van der Waals surface area contributed by atoms with Gasteiger partial charge in [-0.05, 0) is 49.4 Å². The topological polar surface area (TPSA) is 73.7 Å². The maximum atomic E-state index is 12.0. The lowest BCUT2D eigenvalue weighted by Crippen LogP contribution is -2.34. The van der Waals surface area contributed by atoms with Crippen LogP contribution in [0.15, 0.2) is 52.0 Å². The zero-order valence-electron chi connectivity index (χ0n) is 12.3. The molecule has 2 aromatic carbocycles. The van der Waals surface area contributed by atoms with E-state index in [0.29, 0.717) is 10.6 Å². The maximum absolute atomic E-state index is 12.0. The van der Waals surface area contributed by atoms with Crippen LogP contribution in [0.1, 0.15) is 12.5 Å². The highest BCUT2D eigenvalue weighted by Gasteiger charge is 2.11. The van der Waals surface area contributed by atoms with Gasteiger partial charge in [-0.3, -0.25) is 4.79 Å². The molecule has 0 fully saturated rings. The third-order valence-electron chi connectivity index (χ3n) is 2.99. The van der Waals surface area contributed by atoms with Gasteiger partial charge in [-0.25, -0.2) is 5.43 Å². The number of phenolic OH excluding ortho intramolecular Hbond substituents is 1. The lowest BCUT2D eigenvalue weighted by Gasteiger charge is -2.13. The van der Waals surface area contributed by atoms with Crippen molar-refractivity contribution in [3.05, 3.63) is 57.5 Å². The summed E-state index contributed by atoms with van der Waals surface area (Å²) in [5.74, 6) is -0.265. The number of nitrogens with zero attached hydrogens (tertiary/aromatic N) is 1. The molecule has 7 heteroatoms. The Morgan fingerprint density at radius 1 is 1.30 bits per heavy atom. The predicted octanol–water partition coefficient (Wildman–Crippen LogP) is 3.76. The second-order valence-corrected chi connectivity index (χ2v) is 6.16. The van der Waals surface area contributed by atoms with Crippen molar-refractivity contribution in [2.75, 3.05) is 5.32 Å². The smallest absolute Gasteiger partial charge is 0.262 e. The Labute approximate surface area is 147 Å². The summed E-state index contributed by atoms with van der Waals surface area (Å²) >= 11 is 9.19. The molecule has 1 atom stereocenters. The number of hydrogen-bond acceptors (Lipinski definition) is 4. The highest BCUT2D eigenvalue weighted by Crippen LogP contribution is 2.19. The fraction of sp³-hybridized carbons (Fsp3) is 0.125. The molecular weight excluding hydrogens is 382 g/mol. The number of anilines is 1. The lowest BCUT2D eigenvalue weighted by molar-refractivity contribution is -0.121. The van der Waals surface area contributed by atoms with E-state index >= 15 is 0 Å². The van der Waals surface area contributed by atoms with Crippen molar-refractivity contribution in [2.45, 2.75) is 13.0 Å². The van der Waals surface area contributed by atoms with Gasteiger partial charge >= 0.3 is 0 Å². The van der Waals surface area contributed by atoms with E-state index in [4.69, 9.17) is 11.6 Å². The quantitative estimate of drug-likeness (QED) is 0.532. The van der Waals surface area contributed by atoms with Gasteiger partial charge in [-0.15, -0.1) is 0 Å². The summed E-state index contributed by atoms with van der Waals surface area (Å²) in [4.78, 5) is 12.0. The summed E-state index contributed by atoms with van der Waals surface area (Å²) in [7, 11) is 0. The largest absolute Gasteiger partial charge is 0.507 e. The molecule has 120 valence electrons. The van der Waals surface area contributed by atoms with E-state index < -0.39 is 6.04 Å². The molecule has 0 unspecified atom stereocenters. The van der Waals surface area contributed by atoms with E-state index in [1.807, 2.05) is 24.3 Å². The Morgan fingerprint density at radius 2 is 2.00 bits per heavy atom. The Kier molecular flexibility index (Phi) is 6.01. The van der Waals surface area contributed by atoms with Crippen molar-refractivity contribution in [3.8, 4) is 5.75 Å². The van der Waals surface area contributed by atoms with Crippen molar-refractivity contribution in [3.63, 3.8) is 0 Å². The van der Waals surface area contributed by atoms with Crippen LogP contribution in [0.25, 0.3) is 0 Å². The van der Waals surface area contributed by atoms with Crippen LogP contribution in [0.5, 0.6) is 5.75 Å². The van der Waals surface area contributed by atoms with Gasteiger partial charge in [-0.1, -0.05) is 27.5 Å². The van der Waals surface area contributed by atoms with Crippen molar-refractivity contribution in [2.24, 2.45) is 5.10 Å². The Balaban J connectivity index is 1.92. The SMILES string of the molecule is C[C@@H](Nc1ccc(Br)cc1)C(=O)N/N=C\c1cc(Cl)ccc1O. The number of benzene rings is 2. The fourth-order valence-corrected chi connectivity index (χ4v) is 2.20. The number of aromatic hydroxyl groups is 1. The standard InChI is InChI=1S/C16H15BrClN3O2/c1-10(20-14-5-2-12(17)3-6-14)16(23)21-19-9-11-8-13(18)4-7-15(11)22/h2-10,20,22H,1H3,(H,21,23)/b19-9-/t10-/m1/s1. The first-order chi connectivity index (χ1) is 11.0. The molecule has 0 aliphatic rings. The van der Waals surface area contributed by atoms with Gasteiger partial charge in [0, 0.05) is 20.7 Å². The lowest BCUT2D eigenvalue weighted by atomic mass is 10.2. The molecule has 0 aromatic heterocycles. The van der Waals surface area contributed by atoms with Crippen molar-refractivity contribution < 1.29 is 9.90 Å². The molecular formula is C16H15BrClN3O2.